The molecule has 6 rings (SSSR count). The Morgan fingerprint density at radius 3 is 1.91 bits per heavy atom. The number of hydrogen-bond donors (Lipinski definition) is 2. The first-order chi connectivity index (χ1) is 21.7. The molecule has 4 nitrogen and oxygen atoms in total. The third-order valence-corrected chi connectivity index (χ3v) is 7.83. The van der Waals surface area contributed by atoms with E-state index in [4.69, 9.17) is 10.7 Å². The van der Waals surface area contributed by atoms with Crippen molar-refractivity contribution in [3.63, 3.8) is 0 Å². The predicted molar refractivity (Wildman–Crippen MR) is 185 cm³/mol. The molecule has 0 heterocycles. The molecule has 0 fully saturated rings. The van der Waals surface area contributed by atoms with Gasteiger partial charge in [-0.25, -0.2) is 0 Å². The molecule has 0 aliphatic heterocycles. The summed E-state index contributed by atoms with van der Waals surface area (Å²) in [6.07, 6.45) is 1.34. The second-order valence-electron chi connectivity index (χ2n) is 10.8. The molecule has 0 aromatic heterocycles. The first kappa shape index (κ1) is 28.8. The van der Waals surface area contributed by atoms with Crippen molar-refractivity contribution in [3.8, 4) is 22.3 Å². The van der Waals surface area contributed by atoms with Gasteiger partial charge in [-0.15, -0.1) is 0 Å². The van der Waals surface area contributed by atoms with Crippen LogP contribution in [0.3, 0.4) is 0 Å². The number of anilines is 2. The van der Waals surface area contributed by atoms with Crippen LogP contribution in [0.1, 0.15) is 29.0 Å². The van der Waals surface area contributed by atoms with Crippen LogP contribution < -0.4 is 11.1 Å². The second kappa shape index (κ2) is 13.8. The maximum absolute atomic E-state index is 6.74. The molecule has 0 amide bonds. The topological polar surface area (TPSA) is 53.6 Å². The average Bonchev–Trinajstić information content (AvgIpc) is 3.10. The van der Waals surface area contributed by atoms with E-state index in [2.05, 4.69) is 132 Å². The van der Waals surface area contributed by atoms with Crippen LogP contribution in [0.25, 0.3) is 22.3 Å². The summed E-state index contributed by atoms with van der Waals surface area (Å²) < 4.78 is 0. The molecule has 3 N–H and O–H groups in total. The van der Waals surface area contributed by atoms with Crippen molar-refractivity contribution in [3.05, 3.63) is 180 Å². The molecule has 44 heavy (non-hydrogen) atoms. The molecule has 6 aromatic carbocycles. The fraction of sp³-hybridized carbons (Fsp3) is 0.0750. The van der Waals surface area contributed by atoms with Gasteiger partial charge in [0.15, 0.2) is 0 Å². The Hall–Kier alpha value is -5.29. The Morgan fingerprint density at radius 2 is 1.18 bits per heavy atom. The summed E-state index contributed by atoms with van der Waals surface area (Å²) in [4.78, 5) is 7.12. The van der Waals surface area contributed by atoms with E-state index >= 15 is 0 Å². The Kier molecular flexibility index (Phi) is 9.03. The Bertz CT molecular complexity index is 1800. The quantitative estimate of drug-likeness (QED) is 0.127. The van der Waals surface area contributed by atoms with E-state index in [1.807, 2.05) is 55.7 Å². The van der Waals surface area contributed by atoms with E-state index in [1.165, 1.54) is 11.1 Å². The summed E-state index contributed by atoms with van der Waals surface area (Å²) in [7, 11) is 2.02. The molecule has 0 radical (unpaired) electrons. The maximum Gasteiger partial charge on any atom is 0.129 e. The third kappa shape index (κ3) is 6.84. The summed E-state index contributed by atoms with van der Waals surface area (Å²) in [5, 5.41) is 3.66. The highest BCUT2D eigenvalue weighted by atomic mass is 15.3. The zero-order chi connectivity index (χ0) is 30.1. The minimum Gasteiger partial charge on any atom is -0.355 e. The summed E-state index contributed by atoms with van der Waals surface area (Å²) in [5.41, 5.74) is 16.6. The van der Waals surface area contributed by atoms with E-state index in [0.717, 1.165) is 39.2 Å². The van der Waals surface area contributed by atoms with Gasteiger partial charge in [-0.1, -0.05) is 140 Å². The lowest BCUT2D eigenvalue weighted by atomic mass is 9.98. The van der Waals surface area contributed by atoms with Crippen molar-refractivity contribution in [2.45, 2.75) is 12.3 Å². The van der Waals surface area contributed by atoms with Gasteiger partial charge in [-0.3, -0.25) is 9.89 Å². The molecule has 0 spiro atoms. The highest BCUT2D eigenvalue weighted by Gasteiger charge is 2.22. The second-order valence-corrected chi connectivity index (χ2v) is 10.8. The summed E-state index contributed by atoms with van der Waals surface area (Å²) in [6.45, 7) is 0. The third-order valence-electron chi connectivity index (χ3n) is 7.83. The monoisotopic (exact) mass is 572 g/mol. The zero-order valence-corrected chi connectivity index (χ0v) is 24.8. The van der Waals surface area contributed by atoms with Crippen LogP contribution in [-0.2, 0) is 0 Å². The van der Waals surface area contributed by atoms with E-state index in [1.54, 1.807) is 0 Å². The van der Waals surface area contributed by atoms with Gasteiger partial charge >= 0.3 is 0 Å². The van der Waals surface area contributed by atoms with Gasteiger partial charge in [-0.05, 0) is 64.7 Å². The highest BCUT2D eigenvalue weighted by Crippen LogP contribution is 2.34. The highest BCUT2D eigenvalue weighted by molar-refractivity contribution is 5.83. The zero-order valence-electron chi connectivity index (χ0n) is 24.8. The number of para-hydroxylation sites is 1. The van der Waals surface area contributed by atoms with Crippen molar-refractivity contribution in [1.82, 2.24) is 4.90 Å². The Labute approximate surface area is 260 Å². The molecule has 0 bridgehead atoms. The summed E-state index contributed by atoms with van der Waals surface area (Å²) in [5.74, 6) is 0. The van der Waals surface area contributed by atoms with Crippen molar-refractivity contribution < 1.29 is 0 Å². The van der Waals surface area contributed by atoms with Crippen molar-refractivity contribution in [2.24, 2.45) is 10.7 Å². The van der Waals surface area contributed by atoms with Crippen LogP contribution in [0.4, 0.5) is 11.4 Å². The van der Waals surface area contributed by atoms with Crippen LogP contribution >= 0.6 is 0 Å². The van der Waals surface area contributed by atoms with Crippen LogP contribution in [0.5, 0.6) is 0 Å². The molecular formula is C40H36N4. The first-order valence-corrected chi connectivity index (χ1v) is 14.9. The number of nitrogens with zero attached hydrogens (tertiary/aromatic N) is 2. The van der Waals surface area contributed by atoms with Gasteiger partial charge < -0.3 is 11.1 Å². The normalized spacial score (nSPS) is 12.7. The van der Waals surface area contributed by atoms with Crippen molar-refractivity contribution in [1.29, 1.82) is 0 Å². The molecule has 216 valence electrons. The van der Waals surface area contributed by atoms with E-state index in [0.29, 0.717) is 0 Å². The standard InChI is InChI=1S/C40H36N4/c1-44(39(41)32-18-9-4-10-19-32)40(42-29-30-14-5-2-6-15-30)33-24-26-36(27-25-33)43-38-23-12-11-22-37(38)35-21-13-20-34(28-35)31-16-7-3-8-17-31/h2-29,39-40,43H,41H2,1H3. The average molecular weight is 573 g/mol. The van der Waals surface area contributed by atoms with Gasteiger partial charge in [0, 0.05) is 23.2 Å². The number of hydrogen-bond acceptors (Lipinski definition) is 4. The van der Waals surface area contributed by atoms with E-state index < -0.39 is 0 Å². The SMILES string of the molecule is CN(C(N)c1ccccc1)C(N=Cc1ccccc1)c1ccc(Nc2ccccc2-c2cccc(-c3ccccc3)c2)cc1. The molecule has 2 atom stereocenters. The Morgan fingerprint density at radius 1 is 0.591 bits per heavy atom. The number of nitrogens with two attached hydrogens (primary N) is 1. The maximum atomic E-state index is 6.74. The van der Waals surface area contributed by atoms with Crippen LogP contribution in [0.2, 0.25) is 0 Å². The van der Waals surface area contributed by atoms with Gasteiger partial charge in [0.1, 0.15) is 6.17 Å². The van der Waals surface area contributed by atoms with E-state index in [9.17, 15) is 0 Å². The molecule has 0 aliphatic rings. The molecule has 0 saturated heterocycles. The Balaban J connectivity index is 1.27. The van der Waals surface area contributed by atoms with E-state index in [-0.39, 0.29) is 12.3 Å². The number of nitrogens with one attached hydrogen (secondary N) is 1. The first-order valence-electron chi connectivity index (χ1n) is 14.9. The van der Waals surface area contributed by atoms with Crippen molar-refractivity contribution >= 4 is 17.6 Å². The van der Waals surface area contributed by atoms with Gasteiger partial charge in [0.05, 0.1) is 6.17 Å². The lowest BCUT2D eigenvalue weighted by molar-refractivity contribution is 0.183. The van der Waals surface area contributed by atoms with Crippen LogP contribution in [0.15, 0.2) is 169 Å². The summed E-state index contributed by atoms with van der Waals surface area (Å²) >= 11 is 0. The largest absolute Gasteiger partial charge is 0.355 e. The molecular weight excluding hydrogens is 536 g/mol. The van der Waals surface area contributed by atoms with Crippen molar-refractivity contribution in [2.75, 3.05) is 12.4 Å². The number of rotatable bonds is 10. The number of aliphatic imine (C=N–C) groups is 1. The minimum absolute atomic E-state index is 0.271. The van der Waals surface area contributed by atoms with Crippen LogP contribution in [0, 0.1) is 0 Å². The molecule has 6 aromatic rings. The lowest BCUT2D eigenvalue weighted by Gasteiger charge is -2.31. The predicted octanol–water partition coefficient (Wildman–Crippen LogP) is 9.47. The minimum atomic E-state index is -0.314. The summed E-state index contributed by atoms with van der Waals surface area (Å²) in [6, 6.07) is 56.4. The van der Waals surface area contributed by atoms with Gasteiger partial charge in [-0.2, -0.15) is 0 Å². The van der Waals surface area contributed by atoms with Gasteiger partial charge in [0.2, 0.25) is 0 Å². The lowest BCUT2D eigenvalue weighted by Crippen LogP contribution is -2.34. The number of benzene rings is 6. The molecule has 0 aliphatic carbocycles. The molecule has 0 saturated carbocycles. The molecule has 4 heteroatoms. The van der Waals surface area contributed by atoms with Crippen LogP contribution in [-0.4, -0.2) is 18.2 Å². The smallest absolute Gasteiger partial charge is 0.129 e. The molecule has 2 unspecified atom stereocenters. The fourth-order valence-corrected chi connectivity index (χ4v) is 5.39. The van der Waals surface area contributed by atoms with Gasteiger partial charge in [0.25, 0.3) is 0 Å². The fourth-order valence-electron chi connectivity index (χ4n) is 5.39.